The number of halogens is 1. The van der Waals surface area contributed by atoms with E-state index < -0.39 is 17.7 Å². The van der Waals surface area contributed by atoms with Crippen molar-refractivity contribution in [2.45, 2.75) is 157 Å². The summed E-state index contributed by atoms with van der Waals surface area (Å²) in [5.41, 5.74) is 3.85. The van der Waals surface area contributed by atoms with Gasteiger partial charge in [0, 0.05) is 6.42 Å². The summed E-state index contributed by atoms with van der Waals surface area (Å²) < 4.78 is 13.7. The molecule has 0 radical (unpaired) electrons. The molecule has 6 nitrogen and oxygen atoms in total. The summed E-state index contributed by atoms with van der Waals surface area (Å²) in [6.45, 7) is 19.1. The van der Waals surface area contributed by atoms with Gasteiger partial charge in [-0.05, 0) is 117 Å². The minimum Gasteiger partial charge on any atom is -0.461 e. The number of nitrogens with one attached hydrogen (secondary N) is 1. The monoisotopic (exact) mass is 637 g/mol. The van der Waals surface area contributed by atoms with Gasteiger partial charge in [0.1, 0.15) is 13.6 Å². The lowest BCUT2D eigenvalue weighted by molar-refractivity contribution is -0.156. The highest BCUT2D eigenvalue weighted by Crippen LogP contribution is 2.67. The number of nitrogens with two attached hydrogens (primary N) is 1. The van der Waals surface area contributed by atoms with Crippen LogP contribution in [0.15, 0.2) is 11.6 Å². The van der Waals surface area contributed by atoms with Gasteiger partial charge in [-0.25, -0.2) is 4.79 Å². The smallest absolute Gasteiger partial charge is 0.329 e. The van der Waals surface area contributed by atoms with Crippen molar-refractivity contribution in [3.63, 3.8) is 0 Å². The predicted octanol–water partition coefficient (Wildman–Crippen LogP) is 7.60. The molecule has 4 aliphatic carbocycles. The zero-order valence-electron chi connectivity index (χ0n) is 30.2. The molecule has 7 heteroatoms. The maximum Gasteiger partial charge on any atom is 0.329 e. The van der Waals surface area contributed by atoms with E-state index in [1.807, 2.05) is 41.5 Å². The van der Waals surface area contributed by atoms with E-state index >= 15 is 0 Å². The highest BCUT2D eigenvalue weighted by molar-refractivity contribution is 5.87. The maximum absolute atomic E-state index is 13.4. The van der Waals surface area contributed by atoms with Gasteiger partial charge in [-0.15, -0.1) is 12.4 Å². The first kappa shape index (κ1) is 35.7. The Morgan fingerprint density at radius 3 is 2.41 bits per heavy atom. The van der Waals surface area contributed by atoms with Crippen molar-refractivity contribution >= 4 is 24.3 Å². The molecule has 4 rings (SSSR count). The van der Waals surface area contributed by atoms with E-state index in [1.54, 1.807) is 0 Å². The van der Waals surface area contributed by atoms with E-state index in [0.717, 1.165) is 56.3 Å². The van der Waals surface area contributed by atoms with E-state index in [9.17, 15) is 14.7 Å². The quantitative estimate of drug-likeness (QED) is 0.151. The molecule has 0 aromatic carbocycles. The summed E-state index contributed by atoms with van der Waals surface area (Å²) >= 11 is 0. The average molecular weight is 638 g/mol. The zero-order chi connectivity index (χ0) is 32.6. The molecular weight excluding hydrogens is 572 g/mol. The Morgan fingerprint density at radius 1 is 1.09 bits per heavy atom. The summed E-state index contributed by atoms with van der Waals surface area (Å²) in [6, 6.07) is -1.40. The number of aliphatic hydroxyl groups is 1. The fraction of sp³-hybridized carbons (Fsp3) is 0.892. The van der Waals surface area contributed by atoms with Gasteiger partial charge < -0.3 is 20.9 Å². The largest absolute Gasteiger partial charge is 0.461 e. The molecule has 0 heterocycles. The Hall–Kier alpha value is -1.11. The van der Waals surface area contributed by atoms with Gasteiger partial charge in [-0.1, -0.05) is 73.0 Å². The van der Waals surface area contributed by atoms with Crippen molar-refractivity contribution in [3.8, 4) is 0 Å². The van der Waals surface area contributed by atoms with Gasteiger partial charge in [0.05, 0.1) is 11.6 Å². The fourth-order valence-corrected chi connectivity index (χ4v) is 10.0. The van der Waals surface area contributed by atoms with Gasteiger partial charge in [-0.2, -0.15) is 0 Å². The van der Waals surface area contributed by atoms with Gasteiger partial charge in [0.15, 0.2) is 0 Å². The molecule has 1 amide bonds. The Kier molecular flexibility index (Phi) is 11.6. The Bertz CT molecular complexity index is 1060. The van der Waals surface area contributed by atoms with Gasteiger partial charge in [-0.3, -0.25) is 4.79 Å². The van der Waals surface area contributed by atoms with Crippen LogP contribution in [0.4, 0.5) is 0 Å². The van der Waals surface area contributed by atoms with Crippen LogP contribution in [0, 0.1) is 52.3 Å². The number of esters is 1. The zero-order valence-corrected chi connectivity index (χ0v) is 30.0. The van der Waals surface area contributed by atoms with Gasteiger partial charge in [0.2, 0.25) is 5.91 Å². The second-order valence-corrected chi connectivity index (χ2v) is 16.9. The van der Waals surface area contributed by atoms with Crippen molar-refractivity contribution in [3.05, 3.63) is 11.6 Å². The molecule has 3 fully saturated rings. The SMILES string of the molecule is Cl.[2H]N[C@H](C(=O)N[C@H](C(=O)O[C@H]1CC[C@@]2(C)C(=CC[C@H]3[C@@H]4CC[C@H]([C@H](C)CCCC(C)(C)O)[C@@]4(C)CC[C@@H]32)C1)C(C)C)C(C)C. The van der Waals surface area contributed by atoms with E-state index in [1.165, 1.54) is 37.7 Å². The molecule has 0 aromatic heterocycles. The molecule has 0 saturated heterocycles. The molecule has 0 aliphatic heterocycles. The topological polar surface area (TPSA) is 102 Å². The van der Waals surface area contributed by atoms with Crippen molar-refractivity contribution in [2.75, 3.05) is 0 Å². The van der Waals surface area contributed by atoms with Crippen LogP contribution in [0.25, 0.3) is 0 Å². The number of allylic oxidation sites excluding steroid dienone is 1. The minimum atomic E-state index is -0.723. The van der Waals surface area contributed by atoms with Crippen LogP contribution in [0.2, 0.25) is 1.41 Å². The number of hydrogen-bond acceptors (Lipinski definition) is 5. The lowest BCUT2D eigenvalue weighted by Crippen LogP contribution is -2.53. The molecule has 4 N–H and O–H groups in total. The minimum absolute atomic E-state index is 0. The summed E-state index contributed by atoms with van der Waals surface area (Å²) in [6.07, 6.45) is 14.8. The summed E-state index contributed by atoms with van der Waals surface area (Å²) in [7, 11) is 0. The molecule has 4 aliphatic rings. The standard InChI is InChI=1S/C37H64N2O4.ClH/c1-22(2)31(38)33(40)39-32(23(3)4)34(41)43-26-16-19-36(8)25(21-26)12-13-27-29-15-14-28(37(29,9)20-17-30(27)36)24(5)11-10-18-35(6,7)42;/h12,22-24,26-32,42H,10-11,13-21,38H2,1-9H3,(H,39,40);1H/t24-,26+,27+,28-,29+,30+,31+,32+,36+,37-;/m1./s1/i/hD. The van der Waals surface area contributed by atoms with Gasteiger partial charge in [0.25, 0.3) is 0 Å². The fourth-order valence-electron chi connectivity index (χ4n) is 10.0. The number of amides is 1. The van der Waals surface area contributed by atoms with Gasteiger partial charge >= 0.3 is 5.97 Å². The highest BCUT2D eigenvalue weighted by Gasteiger charge is 2.59. The second-order valence-electron chi connectivity index (χ2n) is 16.9. The van der Waals surface area contributed by atoms with E-state index in [2.05, 4.69) is 37.9 Å². The lowest BCUT2D eigenvalue weighted by atomic mass is 9.47. The second kappa shape index (κ2) is 14.3. The van der Waals surface area contributed by atoms with Crippen LogP contribution in [0.5, 0.6) is 0 Å². The van der Waals surface area contributed by atoms with E-state index in [4.69, 9.17) is 6.15 Å². The Labute approximate surface area is 276 Å². The first-order chi connectivity index (χ1) is 20.5. The predicted molar refractivity (Wildman–Crippen MR) is 181 cm³/mol. The Morgan fingerprint density at radius 2 is 1.80 bits per heavy atom. The highest BCUT2D eigenvalue weighted by atomic mass is 35.5. The molecule has 0 spiro atoms. The third-order valence-electron chi connectivity index (χ3n) is 12.7. The number of fused-ring (bicyclic) bond motifs is 5. The van der Waals surface area contributed by atoms with Crippen LogP contribution < -0.4 is 11.0 Å². The molecule has 0 aromatic rings. The first-order valence-corrected chi connectivity index (χ1v) is 17.6. The van der Waals surface area contributed by atoms with Crippen molar-refractivity contribution in [1.29, 1.82) is 0 Å². The van der Waals surface area contributed by atoms with Crippen LogP contribution in [0.1, 0.15) is 133 Å². The van der Waals surface area contributed by atoms with E-state index in [-0.39, 0.29) is 47.6 Å². The molecular formula is C37H65ClN2O4. The normalized spacial score (nSPS) is 35.7. The molecule has 0 unspecified atom stereocenters. The van der Waals surface area contributed by atoms with Crippen LogP contribution in [-0.4, -0.2) is 40.8 Å². The van der Waals surface area contributed by atoms with Crippen molar-refractivity contribution < 1.29 is 20.8 Å². The summed E-state index contributed by atoms with van der Waals surface area (Å²) in [4.78, 5) is 26.2. The summed E-state index contributed by atoms with van der Waals surface area (Å²) in [5, 5.41) is 13.1. The number of ether oxygens (including phenoxy) is 1. The lowest BCUT2D eigenvalue weighted by Gasteiger charge is -2.58. The number of carbonyl (C=O) groups excluding carboxylic acids is 2. The molecule has 3 saturated carbocycles. The third kappa shape index (κ3) is 7.71. The number of carbonyl (C=O) groups is 2. The molecule has 44 heavy (non-hydrogen) atoms. The maximum atomic E-state index is 13.4. The van der Waals surface area contributed by atoms with Crippen LogP contribution >= 0.6 is 12.4 Å². The number of rotatable bonds is 12. The number of hydrogen-bond donors (Lipinski definition) is 3. The molecule has 10 atom stereocenters. The van der Waals surface area contributed by atoms with Crippen LogP contribution in [-0.2, 0) is 14.3 Å². The third-order valence-corrected chi connectivity index (χ3v) is 12.7. The molecule has 0 bridgehead atoms. The van der Waals surface area contributed by atoms with Crippen molar-refractivity contribution in [1.82, 2.24) is 5.32 Å². The molecule has 254 valence electrons. The summed E-state index contributed by atoms with van der Waals surface area (Å²) in [5.74, 6) is 2.88. The van der Waals surface area contributed by atoms with E-state index in [0.29, 0.717) is 17.3 Å². The average Bonchev–Trinajstić information content (AvgIpc) is 3.28. The first-order valence-electron chi connectivity index (χ1n) is 18.1. The van der Waals surface area contributed by atoms with Crippen molar-refractivity contribution in [2.24, 2.45) is 58.0 Å². The Balaban J connectivity index is 0.00000552. The van der Waals surface area contributed by atoms with Crippen LogP contribution in [0.3, 0.4) is 0 Å².